The van der Waals surface area contributed by atoms with E-state index in [0.29, 0.717) is 0 Å². The molecule has 0 unspecified atom stereocenters. The summed E-state index contributed by atoms with van der Waals surface area (Å²) in [6.45, 7) is 0. The topological polar surface area (TPSA) is 47.6 Å². The van der Waals surface area contributed by atoms with Crippen LogP contribution in [0.15, 0.2) is 11.0 Å². The number of nitriles is 2. The number of thiol groups is 1. The molecular weight excluding hydrogens is 186 g/mol. The first-order valence-corrected chi connectivity index (χ1v) is 2.01. The van der Waals surface area contributed by atoms with E-state index >= 15 is 0 Å². The van der Waals surface area contributed by atoms with Gasteiger partial charge in [0.2, 0.25) is 0 Å². The summed E-state index contributed by atoms with van der Waals surface area (Å²) in [7, 11) is 0. The molecule has 0 aliphatic heterocycles. The van der Waals surface area contributed by atoms with Gasteiger partial charge in [0.1, 0.15) is 17.7 Å². The van der Waals surface area contributed by atoms with Gasteiger partial charge in [-0.25, -0.2) is 0 Å². The van der Waals surface area contributed by atoms with Gasteiger partial charge >= 0.3 is 103 Å². The van der Waals surface area contributed by atoms with Crippen LogP contribution in [0.25, 0.3) is 0 Å². The Labute approximate surface area is 148 Å². The molecule has 0 atom stereocenters. The molecular formula is C4H4K2N2S. The maximum Gasteiger partial charge on any atom is 1.00 e. The number of hydrogen-bond acceptors (Lipinski definition) is 3. The van der Waals surface area contributed by atoms with E-state index in [4.69, 9.17) is 10.5 Å². The van der Waals surface area contributed by atoms with Gasteiger partial charge in [-0.15, -0.1) is 12.6 Å². The fourth-order valence-corrected chi connectivity index (χ4v) is 0.198. The zero-order valence-corrected chi connectivity index (χ0v) is 12.6. The summed E-state index contributed by atoms with van der Waals surface area (Å²) < 4.78 is 0. The van der Waals surface area contributed by atoms with Gasteiger partial charge < -0.3 is 2.85 Å². The van der Waals surface area contributed by atoms with Crippen molar-refractivity contribution in [2.24, 2.45) is 0 Å². The smallest absolute Gasteiger partial charge is 1.00 e. The van der Waals surface area contributed by atoms with Gasteiger partial charge in [0.05, 0.1) is 0 Å². The van der Waals surface area contributed by atoms with Crippen LogP contribution in [0.4, 0.5) is 0 Å². The van der Waals surface area contributed by atoms with E-state index in [0.717, 1.165) is 0 Å². The van der Waals surface area contributed by atoms with Crippen molar-refractivity contribution in [3.8, 4) is 12.1 Å². The molecule has 0 bridgehead atoms. The Morgan fingerprint density at radius 1 is 1.33 bits per heavy atom. The van der Waals surface area contributed by atoms with Gasteiger partial charge in [0.15, 0.2) is 0 Å². The van der Waals surface area contributed by atoms with Gasteiger partial charge in [0.25, 0.3) is 0 Å². The van der Waals surface area contributed by atoms with Crippen molar-refractivity contribution in [1.82, 2.24) is 0 Å². The molecule has 0 heterocycles. The van der Waals surface area contributed by atoms with Gasteiger partial charge in [-0.05, 0) is 5.41 Å². The summed E-state index contributed by atoms with van der Waals surface area (Å²) >= 11 is 3.57. The van der Waals surface area contributed by atoms with Gasteiger partial charge in [-0.1, -0.05) is 0 Å². The fourth-order valence-electron chi connectivity index (χ4n) is 0.0827. The van der Waals surface area contributed by atoms with E-state index in [9.17, 15) is 0 Å². The summed E-state index contributed by atoms with van der Waals surface area (Å²) in [5.41, 5.74) is 0.0309. The summed E-state index contributed by atoms with van der Waals surface area (Å²) in [4.78, 5) is 0. The molecule has 0 aromatic heterocycles. The molecule has 5 heteroatoms. The quantitative estimate of drug-likeness (QED) is 0.236. The monoisotopic (exact) mass is 190 g/mol. The van der Waals surface area contributed by atoms with Crippen LogP contribution in [-0.2, 0) is 0 Å². The molecule has 9 heavy (non-hydrogen) atoms. The van der Waals surface area contributed by atoms with Crippen molar-refractivity contribution in [2.75, 3.05) is 0 Å². The molecule has 0 saturated carbocycles. The second-order valence-corrected chi connectivity index (χ2v) is 1.02. The zero-order chi connectivity index (χ0) is 5.70. The van der Waals surface area contributed by atoms with Crippen LogP contribution in [0, 0.1) is 22.7 Å². The fraction of sp³-hybridized carbons (Fsp3) is 0. The van der Waals surface area contributed by atoms with E-state index < -0.39 is 0 Å². The minimum Gasteiger partial charge on any atom is -1.00 e. The first kappa shape index (κ1) is 17.4. The molecule has 0 N–H and O–H groups in total. The number of rotatable bonds is 0. The minimum absolute atomic E-state index is 0. The summed E-state index contributed by atoms with van der Waals surface area (Å²) in [5, 5.41) is 17.0. The third-order valence-corrected chi connectivity index (χ3v) is 0.628. The van der Waals surface area contributed by atoms with Crippen molar-refractivity contribution in [1.29, 1.82) is 10.5 Å². The zero-order valence-electron chi connectivity index (χ0n) is 7.42. The van der Waals surface area contributed by atoms with Gasteiger partial charge in [0, 0.05) is 0 Å². The molecule has 0 spiro atoms. The number of allylic oxidation sites excluding steroid dienone is 1. The Bertz CT molecular complexity index is 156. The number of hydrogen-bond donors (Lipinski definition) is 1. The largest absolute Gasteiger partial charge is 1.00 e. The second kappa shape index (κ2) is 13.0. The molecule has 0 rings (SSSR count). The van der Waals surface area contributed by atoms with Crippen molar-refractivity contribution in [2.45, 2.75) is 0 Å². The summed E-state index contributed by atoms with van der Waals surface area (Å²) in [5.74, 6) is 0. The first-order chi connectivity index (χ1) is 3.35. The molecule has 38 valence electrons. The second-order valence-electron chi connectivity index (χ2n) is 0.766. The number of nitrogens with zero attached hydrogens (tertiary/aromatic N) is 2. The van der Waals surface area contributed by atoms with E-state index in [1.165, 1.54) is 5.41 Å². The average molecular weight is 190 g/mol. The Morgan fingerprint density at radius 3 is 1.67 bits per heavy atom. The SMILES string of the molecule is N#CC(C#N)=CS.[H-].[H-].[K+].[K+]. The molecule has 0 aromatic rings. The van der Waals surface area contributed by atoms with Crippen LogP contribution in [0.3, 0.4) is 0 Å². The summed E-state index contributed by atoms with van der Waals surface area (Å²) in [6, 6.07) is 3.25. The van der Waals surface area contributed by atoms with Crippen LogP contribution >= 0.6 is 12.6 Å². The molecule has 2 nitrogen and oxygen atoms in total. The molecule has 0 saturated heterocycles. The summed E-state index contributed by atoms with van der Waals surface area (Å²) in [6.07, 6.45) is 0. The van der Waals surface area contributed by atoms with Crippen molar-refractivity contribution in [3.63, 3.8) is 0 Å². The predicted molar refractivity (Wildman–Crippen MR) is 30.5 cm³/mol. The van der Waals surface area contributed by atoms with Crippen LogP contribution in [0.2, 0.25) is 0 Å². The van der Waals surface area contributed by atoms with Crippen LogP contribution < -0.4 is 103 Å². The van der Waals surface area contributed by atoms with Crippen molar-refractivity contribution < 1.29 is 106 Å². The van der Waals surface area contributed by atoms with Crippen LogP contribution in [-0.4, -0.2) is 0 Å². The molecule has 0 radical (unpaired) electrons. The third kappa shape index (κ3) is 10.3. The molecule has 0 aliphatic rings. The Kier molecular flexibility index (Phi) is 25.1. The maximum atomic E-state index is 7.94. The van der Waals surface area contributed by atoms with E-state index in [1.807, 2.05) is 0 Å². The average Bonchev–Trinajstić information content (AvgIpc) is 1.72. The predicted octanol–water partition coefficient (Wildman–Crippen LogP) is -4.92. The normalized spacial score (nSPS) is 4.33. The molecule has 0 amide bonds. The third-order valence-electron chi connectivity index (χ3n) is 0.370. The maximum absolute atomic E-state index is 7.94. The molecule has 0 aromatic carbocycles. The Balaban J connectivity index is -0.0000000300. The Hall–Kier alpha value is 2.34. The van der Waals surface area contributed by atoms with E-state index in [-0.39, 0.29) is 111 Å². The van der Waals surface area contributed by atoms with E-state index in [2.05, 4.69) is 12.6 Å². The standard InChI is InChI=1S/C4H2N2S.2K.2H/c5-1-4(2-6)3-7;;;;/h3,7H;;;;/q;2*+1;2*-1. The molecule has 0 fully saturated rings. The Morgan fingerprint density at radius 2 is 1.67 bits per heavy atom. The minimum atomic E-state index is 0. The van der Waals surface area contributed by atoms with Gasteiger partial charge in [-0.3, -0.25) is 0 Å². The van der Waals surface area contributed by atoms with Gasteiger partial charge in [-0.2, -0.15) is 10.5 Å². The van der Waals surface area contributed by atoms with E-state index in [1.54, 1.807) is 12.1 Å². The van der Waals surface area contributed by atoms with Crippen molar-refractivity contribution in [3.05, 3.63) is 11.0 Å². The van der Waals surface area contributed by atoms with Crippen molar-refractivity contribution >= 4 is 12.6 Å². The van der Waals surface area contributed by atoms with Crippen LogP contribution in [0.5, 0.6) is 0 Å². The molecule has 0 aliphatic carbocycles. The first-order valence-electron chi connectivity index (χ1n) is 1.49. The van der Waals surface area contributed by atoms with Crippen LogP contribution in [0.1, 0.15) is 2.85 Å².